The van der Waals surface area contributed by atoms with Gasteiger partial charge in [0.2, 0.25) is 0 Å². The second-order valence-corrected chi connectivity index (χ2v) is 6.05. The van der Waals surface area contributed by atoms with Crippen molar-refractivity contribution in [1.82, 2.24) is 5.32 Å². The van der Waals surface area contributed by atoms with E-state index in [1.165, 1.54) is 4.88 Å². The summed E-state index contributed by atoms with van der Waals surface area (Å²) in [4.78, 5) is 1.24. The lowest BCUT2D eigenvalue weighted by Crippen LogP contribution is -2.16. The summed E-state index contributed by atoms with van der Waals surface area (Å²) in [6.07, 6.45) is 0. The number of halogens is 2. The van der Waals surface area contributed by atoms with Gasteiger partial charge in [-0.05, 0) is 46.7 Å². The van der Waals surface area contributed by atoms with Crippen molar-refractivity contribution in [2.75, 3.05) is 14.2 Å². The van der Waals surface area contributed by atoms with Crippen LogP contribution in [0.25, 0.3) is 0 Å². The molecule has 1 N–H and O–H groups in total. The van der Waals surface area contributed by atoms with E-state index in [0.29, 0.717) is 10.8 Å². The Kier molecular flexibility index (Phi) is 4.67. The standard InChI is InChI=1S/C13H13BrClNOS/c1-16-13(12-6-9(14)7-18-12)8-3-4-10(15)11(5-8)17-2/h3-7,13,16H,1-2H3. The second-order valence-electron chi connectivity index (χ2n) is 3.78. The highest BCUT2D eigenvalue weighted by atomic mass is 79.9. The number of rotatable bonds is 4. The van der Waals surface area contributed by atoms with Crippen molar-refractivity contribution in [3.05, 3.63) is 49.6 Å². The molecule has 96 valence electrons. The van der Waals surface area contributed by atoms with Crippen LogP contribution < -0.4 is 10.1 Å². The molecule has 0 aliphatic heterocycles. The SMILES string of the molecule is CNC(c1ccc(Cl)c(OC)c1)c1cc(Br)cs1. The van der Waals surface area contributed by atoms with Crippen molar-refractivity contribution in [3.8, 4) is 5.75 Å². The Morgan fingerprint density at radius 2 is 2.17 bits per heavy atom. The van der Waals surface area contributed by atoms with Gasteiger partial charge in [0.05, 0.1) is 18.2 Å². The summed E-state index contributed by atoms with van der Waals surface area (Å²) in [7, 11) is 3.57. The molecule has 2 aromatic rings. The maximum Gasteiger partial charge on any atom is 0.137 e. The lowest BCUT2D eigenvalue weighted by molar-refractivity contribution is 0.414. The van der Waals surface area contributed by atoms with Gasteiger partial charge in [0.15, 0.2) is 0 Å². The van der Waals surface area contributed by atoms with E-state index in [2.05, 4.69) is 32.7 Å². The maximum absolute atomic E-state index is 6.04. The van der Waals surface area contributed by atoms with E-state index in [-0.39, 0.29) is 6.04 Å². The van der Waals surface area contributed by atoms with Crippen molar-refractivity contribution in [1.29, 1.82) is 0 Å². The summed E-state index contributed by atoms with van der Waals surface area (Å²) < 4.78 is 6.36. The molecule has 1 aromatic carbocycles. The average Bonchev–Trinajstić information content (AvgIpc) is 2.79. The first-order chi connectivity index (χ1) is 8.65. The minimum atomic E-state index is 0.146. The largest absolute Gasteiger partial charge is 0.495 e. The highest BCUT2D eigenvalue weighted by molar-refractivity contribution is 9.10. The molecule has 5 heteroatoms. The van der Waals surface area contributed by atoms with Gasteiger partial charge < -0.3 is 10.1 Å². The number of hydrogen-bond acceptors (Lipinski definition) is 3. The molecule has 2 nitrogen and oxygen atoms in total. The number of ether oxygens (including phenoxy) is 1. The number of methoxy groups -OCH3 is 1. The van der Waals surface area contributed by atoms with Crippen molar-refractivity contribution in [2.45, 2.75) is 6.04 Å². The predicted octanol–water partition coefficient (Wildman–Crippen LogP) is 4.48. The lowest BCUT2D eigenvalue weighted by Gasteiger charge is -2.16. The molecule has 1 atom stereocenters. The maximum atomic E-state index is 6.04. The third kappa shape index (κ3) is 2.88. The van der Waals surface area contributed by atoms with Crippen LogP contribution in [0.15, 0.2) is 34.1 Å². The fourth-order valence-electron chi connectivity index (χ4n) is 1.81. The number of nitrogens with one attached hydrogen (secondary N) is 1. The molecule has 1 unspecified atom stereocenters. The van der Waals surface area contributed by atoms with Gasteiger partial charge in [0, 0.05) is 14.7 Å². The Hall–Kier alpha value is -0.550. The van der Waals surface area contributed by atoms with E-state index >= 15 is 0 Å². The molecule has 0 saturated carbocycles. The minimum Gasteiger partial charge on any atom is -0.495 e. The van der Waals surface area contributed by atoms with Gasteiger partial charge in [-0.1, -0.05) is 17.7 Å². The van der Waals surface area contributed by atoms with Gasteiger partial charge in [-0.3, -0.25) is 0 Å². The van der Waals surface area contributed by atoms with E-state index in [1.54, 1.807) is 18.4 Å². The Labute approximate surface area is 124 Å². The Bertz CT molecular complexity index is 544. The summed E-state index contributed by atoms with van der Waals surface area (Å²) in [5, 5.41) is 6.01. The molecule has 2 rings (SSSR count). The van der Waals surface area contributed by atoms with E-state index in [1.807, 2.05) is 25.2 Å². The van der Waals surface area contributed by atoms with Crippen LogP contribution in [0.5, 0.6) is 5.75 Å². The van der Waals surface area contributed by atoms with E-state index in [4.69, 9.17) is 16.3 Å². The lowest BCUT2D eigenvalue weighted by atomic mass is 10.1. The molecule has 0 spiro atoms. The second kappa shape index (κ2) is 6.06. The summed E-state index contributed by atoms with van der Waals surface area (Å²) >= 11 is 11.2. The first kappa shape index (κ1) is 13.9. The van der Waals surface area contributed by atoms with Crippen LogP contribution in [-0.2, 0) is 0 Å². The zero-order valence-electron chi connectivity index (χ0n) is 10.0. The minimum absolute atomic E-state index is 0.146. The number of thiophene rings is 1. The topological polar surface area (TPSA) is 21.3 Å². The van der Waals surface area contributed by atoms with Crippen molar-refractivity contribution >= 4 is 38.9 Å². The zero-order chi connectivity index (χ0) is 13.1. The van der Waals surface area contributed by atoms with Gasteiger partial charge in [-0.25, -0.2) is 0 Å². The normalized spacial score (nSPS) is 12.4. The average molecular weight is 347 g/mol. The summed E-state index contributed by atoms with van der Waals surface area (Å²) in [6, 6.07) is 8.11. The molecule has 1 heterocycles. The van der Waals surface area contributed by atoms with Gasteiger partial charge in [-0.2, -0.15) is 0 Å². The highest BCUT2D eigenvalue weighted by Crippen LogP contribution is 2.33. The first-order valence-corrected chi connectivity index (χ1v) is 7.45. The molecule has 0 amide bonds. The molecule has 0 aliphatic rings. The van der Waals surface area contributed by atoms with Crippen LogP contribution >= 0.6 is 38.9 Å². The fraction of sp³-hybridized carbons (Fsp3) is 0.231. The highest BCUT2D eigenvalue weighted by Gasteiger charge is 2.15. The van der Waals surface area contributed by atoms with Crippen molar-refractivity contribution in [2.24, 2.45) is 0 Å². The van der Waals surface area contributed by atoms with Crippen molar-refractivity contribution in [3.63, 3.8) is 0 Å². The fourth-order valence-corrected chi connectivity index (χ4v) is 3.58. The third-order valence-corrected chi connectivity index (χ3v) is 4.74. The first-order valence-electron chi connectivity index (χ1n) is 5.40. The summed E-state index contributed by atoms with van der Waals surface area (Å²) in [5.74, 6) is 0.699. The number of hydrogen-bond donors (Lipinski definition) is 1. The van der Waals surface area contributed by atoms with Crippen LogP contribution in [0, 0.1) is 0 Å². The third-order valence-electron chi connectivity index (χ3n) is 2.67. The van der Waals surface area contributed by atoms with Crippen LogP contribution in [0.1, 0.15) is 16.5 Å². The smallest absolute Gasteiger partial charge is 0.137 e. The molecule has 0 radical (unpaired) electrons. The van der Waals surface area contributed by atoms with Crippen LogP contribution in [0.3, 0.4) is 0 Å². The Balaban J connectivity index is 2.38. The molecule has 0 fully saturated rings. The summed E-state index contributed by atoms with van der Waals surface area (Å²) in [6.45, 7) is 0. The molecular weight excluding hydrogens is 334 g/mol. The predicted molar refractivity (Wildman–Crippen MR) is 80.9 cm³/mol. The van der Waals surface area contributed by atoms with Crippen LogP contribution in [-0.4, -0.2) is 14.2 Å². The quantitative estimate of drug-likeness (QED) is 0.881. The number of benzene rings is 1. The van der Waals surface area contributed by atoms with Gasteiger partial charge in [0.25, 0.3) is 0 Å². The molecular formula is C13H13BrClNOS. The molecule has 18 heavy (non-hydrogen) atoms. The van der Waals surface area contributed by atoms with Gasteiger partial charge >= 0.3 is 0 Å². The van der Waals surface area contributed by atoms with Crippen LogP contribution in [0.2, 0.25) is 5.02 Å². The van der Waals surface area contributed by atoms with E-state index in [0.717, 1.165) is 10.0 Å². The van der Waals surface area contributed by atoms with Crippen molar-refractivity contribution < 1.29 is 4.74 Å². The summed E-state index contributed by atoms with van der Waals surface area (Å²) in [5.41, 5.74) is 1.13. The van der Waals surface area contributed by atoms with E-state index in [9.17, 15) is 0 Å². The molecule has 0 bridgehead atoms. The molecule has 0 saturated heterocycles. The van der Waals surface area contributed by atoms with Gasteiger partial charge in [-0.15, -0.1) is 11.3 Å². The van der Waals surface area contributed by atoms with Crippen LogP contribution in [0.4, 0.5) is 0 Å². The van der Waals surface area contributed by atoms with E-state index < -0.39 is 0 Å². The van der Waals surface area contributed by atoms with Gasteiger partial charge in [0.1, 0.15) is 5.75 Å². The Morgan fingerprint density at radius 3 is 2.72 bits per heavy atom. The monoisotopic (exact) mass is 345 g/mol. The zero-order valence-corrected chi connectivity index (χ0v) is 13.2. The molecule has 0 aliphatic carbocycles. The Morgan fingerprint density at radius 1 is 1.39 bits per heavy atom. The molecule has 1 aromatic heterocycles.